The van der Waals surface area contributed by atoms with E-state index in [0.717, 1.165) is 30.3 Å². The van der Waals surface area contributed by atoms with E-state index in [-0.39, 0.29) is 23.5 Å². The summed E-state index contributed by atoms with van der Waals surface area (Å²) in [6.07, 6.45) is 0.822. The van der Waals surface area contributed by atoms with Gasteiger partial charge in [0.1, 0.15) is 23.0 Å². The van der Waals surface area contributed by atoms with Crippen molar-refractivity contribution < 1.29 is 13.6 Å². The van der Waals surface area contributed by atoms with E-state index in [4.69, 9.17) is 4.42 Å². The van der Waals surface area contributed by atoms with Crippen molar-refractivity contribution in [3.8, 4) is 0 Å². The lowest BCUT2D eigenvalue weighted by atomic mass is 10.2. The first kappa shape index (κ1) is 16.5. The van der Waals surface area contributed by atoms with Gasteiger partial charge in [-0.2, -0.15) is 0 Å². The highest BCUT2D eigenvalue weighted by atomic mass is 19.1. The van der Waals surface area contributed by atoms with Gasteiger partial charge >= 0.3 is 0 Å². The van der Waals surface area contributed by atoms with E-state index in [1.54, 1.807) is 6.07 Å². The van der Waals surface area contributed by atoms with Crippen LogP contribution in [0.5, 0.6) is 0 Å². The maximum atomic E-state index is 13.3. The maximum Gasteiger partial charge on any atom is 0.287 e. The number of carbonyl (C=O) groups is 1. The van der Waals surface area contributed by atoms with Crippen LogP contribution >= 0.6 is 0 Å². The molecule has 1 N–H and O–H groups in total. The molecule has 3 aromatic rings. The molecule has 1 unspecified atom stereocenters. The summed E-state index contributed by atoms with van der Waals surface area (Å²) >= 11 is 0. The van der Waals surface area contributed by atoms with Crippen LogP contribution in [0, 0.1) is 19.7 Å². The highest BCUT2D eigenvalue weighted by Crippen LogP contribution is 2.22. The molecule has 0 bridgehead atoms. The Balaban J connectivity index is 1.45. The number of aryl methyl sites for hydroxylation is 2. The van der Waals surface area contributed by atoms with Crippen LogP contribution in [0.25, 0.3) is 11.0 Å². The molecule has 0 saturated carbocycles. The predicted molar refractivity (Wildman–Crippen MR) is 95.8 cm³/mol. The number of nitrogens with zero attached hydrogens (tertiary/aromatic N) is 3. The monoisotopic (exact) mass is 354 g/mol. The Morgan fingerprint density at radius 3 is 2.92 bits per heavy atom. The summed E-state index contributed by atoms with van der Waals surface area (Å²) in [7, 11) is 0. The van der Waals surface area contributed by atoms with E-state index in [9.17, 15) is 9.18 Å². The third-order valence-electron chi connectivity index (χ3n) is 4.50. The molecule has 1 fully saturated rings. The summed E-state index contributed by atoms with van der Waals surface area (Å²) in [5.74, 6) is 1.17. The Kier molecular flexibility index (Phi) is 4.06. The predicted octanol–water partition coefficient (Wildman–Crippen LogP) is 2.99. The van der Waals surface area contributed by atoms with Crippen molar-refractivity contribution in [2.45, 2.75) is 26.3 Å². The molecule has 1 aromatic carbocycles. The number of hydrogen-bond donors (Lipinski definition) is 1. The number of fused-ring (bicyclic) bond motifs is 1. The number of anilines is 1. The van der Waals surface area contributed by atoms with Crippen LogP contribution in [-0.4, -0.2) is 35.0 Å². The molecule has 7 heteroatoms. The summed E-state index contributed by atoms with van der Waals surface area (Å²) in [5.41, 5.74) is 1.42. The molecule has 6 nitrogen and oxygen atoms in total. The van der Waals surface area contributed by atoms with Gasteiger partial charge in [0, 0.05) is 36.3 Å². The first-order chi connectivity index (χ1) is 12.5. The second-order valence-corrected chi connectivity index (χ2v) is 6.61. The maximum absolute atomic E-state index is 13.3. The molecule has 4 rings (SSSR count). The number of halogens is 1. The largest absolute Gasteiger partial charge is 0.451 e. The lowest BCUT2D eigenvalue weighted by molar-refractivity contribution is 0.0914. The van der Waals surface area contributed by atoms with Crippen LogP contribution < -0.4 is 10.2 Å². The highest BCUT2D eigenvalue weighted by molar-refractivity contribution is 5.96. The Morgan fingerprint density at radius 2 is 2.12 bits per heavy atom. The number of furan rings is 1. The molecule has 1 aliphatic heterocycles. The summed E-state index contributed by atoms with van der Waals surface area (Å²) < 4.78 is 18.8. The number of benzene rings is 1. The minimum Gasteiger partial charge on any atom is -0.451 e. The molecular formula is C19H19FN4O2. The fraction of sp³-hybridized carbons (Fsp3) is 0.316. The van der Waals surface area contributed by atoms with Gasteiger partial charge in [-0.3, -0.25) is 4.79 Å². The Hall–Kier alpha value is -2.96. The summed E-state index contributed by atoms with van der Waals surface area (Å²) in [5, 5.41) is 3.57. The first-order valence-corrected chi connectivity index (χ1v) is 8.55. The van der Waals surface area contributed by atoms with E-state index >= 15 is 0 Å². The zero-order chi connectivity index (χ0) is 18.3. The van der Waals surface area contributed by atoms with Gasteiger partial charge in [-0.15, -0.1) is 0 Å². The Morgan fingerprint density at radius 1 is 1.27 bits per heavy atom. The number of hydrogen-bond acceptors (Lipinski definition) is 5. The van der Waals surface area contributed by atoms with Gasteiger partial charge in [0.2, 0.25) is 0 Å². The lowest BCUT2D eigenvalue weighted by Gasteiger charge is -2.18. The number of rotatable bonds is 3. The quantitative estimate of drug-likeness (QED) is 0.783. The van der Waals surface area contributed by atoms with Crippen molar-refractivity contribution in [1.29, 1.82) is 0 Å². The Bertz CT molecular complexity index is 965. The van der Waals surface area contributed by atoms with E-state index in [2.05, 4.69) is 20.2 Å². The molecule has 0 radical (unpaired) electrons. The van der Waals surface area contributed by atoms with Crippen LogP contribution in [0.3, 0.4) is 0 Å². The number of amides is 1. The van der Waals surface area contributed by atoms with E-state index in [1.165, 1.54) is 18.2 Å². The fourth-order valence-electron chi connectivity index (χ4n) is 3.33. The van der Waals surface area contributed by atoms with Gasteiger partial charge in [0.15, 0.2) is 5.76 Å². The molecule has 3 heterocycles. The van der Waals surface area contributed by atoms with Crippen molar-refractivity contribution in [2.24, 2.45) is 0 Å². The van der Waals surface area contributed by atoms with Crippen molar-refractivity contribution >= 4 is 22.7 Å². The molecule has 1 atom stereocenters. The standard InChI is InChI=1S/C19H19FN4O2/c1-11-7-18(22-12(2)21-11)24-6-5-15(10-24)23-19(25)17-9-13-8-14(20)3-4-16(13)26-17/h3-4,7-9,15H,5-6,10H2,1-2H3,(H,23,25). The molecule has 0 aliphatic carbocycles. The molecule has 2 aromatic heterocycles. The molecule has 0 spiro atoms. The Labute approximate surface area is 150 Å². The second-order valence-electron chi connectivity index (χ2n) is 6.61. The molecule has 1 amide bonds. The van der Waals surface area contributed by atoms with Crippen LogP contribution in [0.15, 0.2) is 34.7 Å². The van der Waals surface area contributed by atoms with Crippen molar-refractivity contribution in [3.05, 3.63) is 53.4 Å². The summed E-state index contributed by atoms with van der Waals surface area (Å²) in [4.78, 5) is 23.4. The molecule has 134 valence electrons. The fourth-order valence-corrected chi connectivity index (χ4v) is 3.33. The average molecular weight is 354 g/mol. The molecule has 1 aliphatic rings. The normalized spacial score (nSPS) is 17.0. The van der Waals surface area contributed by atoms with E-state index in [0.29, 0.717) is 17.5 Å². The lowest BCUT2D eigenvalue weighted by Crippen LogP contribution is -2.37. The van der Waals surface area contributed by atoms with Gasteiger partial charge in [-0.1, -0.05) is 0 Å². The molecule has 1 saturated heterocycles. The third-order valence-corrected chi connectivity index (χ3v) is 4.50. The SMILES string of the molecule is Cc1cc(N2CCC(NC(=O)c3cc4cc(F)ccc4o3)C2)nc(C)n1. The van der Waals surface area contributed by atoms with Gasteiger partial charge in [-0.25, -0.2) is 14.4 Å². The second kappa shape index (κ2) is 6.40. The summed E-state index contributed by atoms with van der Waals surface area (Å²) in [6, 6.07) is 7.71. The van der Waals surface area contributed by atoms with Gasteiger partial charge in [0.05, 0.1) is 0 Å². The van der Waals surface area contributed by atoms with Gasteiger partial charge in [-0.05, 0) is 44.5 Å². The molecular weight excluding hydrogens is 335 g/mol. The number of aromatic nitrogens is 2. The van der Waals surface area contributed by atoms with Gasteiger partial charge < -0.3 is 14.6 Å². The zero-order valence-electron chi connectivity index (χ0n) is 14.6. The topological polar surface area (TPSA) is 71.3 Å². The van der Waals surface area contributed by atoms with Crippen LogP contribution in [0.2, 0.25) is 0 Å². The average Bonchev–Trinajstić information content (AvgIpc) is 3.20. The van der Waals surface area contributed by atoms with Crippen LogP contribution in [-0.2, 0) is 0 Å². The van der Waals surface area contributed by atoms with Crippen molar-refractivity contribution in [3.63, 3.8) is 0 Å². The number of carbonyl (C=O) groups excluding carboxylic acids is 1. The van der Waals surface area contributed by atoms with Crippen molar-refractivity contribution in [1.82, 2.24) is 15.3 Å². The van der Waals surface area contributed by atoms with Gasteiger partial charge in [0.25, 0.3) is 5.91 Å². The van der Waals surface area contributed by atoms with Crippen molar-refractivity contribution in [2.75, 3.05) is 18.0 Å². The minimum absolute atomic E-state index is 0.00280. The minimum atomic E-state index is -0.355. The zero-order valence-corrected chi connectivity index (χ0v) is 14.6. The van der Waals surface area contributed by atoms with Crippen LogP contribution in [0.1, 0.15) is 28.5 Å². The van der Waals surface area contributed by atoms with E-state index < -0.39 is 0 Å². The highest BCUT2D eigenvalue weighted by Gasteiger charge is 2.26. The third kappa shape index (κ3) is 3.24. The first-order valence-electron chi connectivity index (χ1n) is 8.55. The molecule has 26 heavy (non-hydrogen) atoms. The van der Waals surface area contributed by atoms with Crippen LogP contribution in [0.4, 0.5) is 10.2 Å². The smallest absolute Gasteiger partial charge is 0.287 e. The summed E-state index contributed by atoms with van der Waals surface area (Å²) in [6.45, 7) is 5.30. The van der Waals surface area contributed by atoms with E-state index in [1.807, 2.05) is 19.9 Å². The number of nitrogens with one attached hydrogen (secondary N) is 1.